The smallest absolute Gasteiger partial charge is 0.344 e. The fourth-order valence-electron chi connectivity index (χ4n) is 2.39. The van der Waals surface area contributed by atoms with Crippen LogP contribution < -0.4 is 10.4 Å². The van der Waals surface area contributed by atoms with Crippen LogP contribution >= 0.6 is 23.4 Å². The molecule has 1 aromatic heterocycles. The van der Waals surface area contributed by atoms with Crippen molar-refractivity contribution in [2.24, 2.45) is 0 Å². The lowest BCUT2D eigenvalue weighted by Crippen LogP contribution is -2.25. The number of aromatic amines is 1. The van der Waals surface area contributed by atoms with Gasteiger partial charge in [-0.1, -0.05) is 23.4 Å². The third-order valence-corrected chi connectivity index (χ3v) is 4.72. The van der Waals surface area contributed by atoms with Crippen LogP contribution in [0.3, 0.4) is 0 Å². The summed E-state index contributed by atoms with van der Waals surface area (Å²) < 4.78 is 12.9. The number of hydrogen-bond donors (Lipinski definition) is 1. The van der Waals surface area contributed by atoms with Crippen molar-refractivity contribution in [2.75, 3.05) is 19.0 Å². The summed E-state index contributed by atoms with van der Waals surface area (Å²) in [6.07, 6.45) is 2.14. The van der Waals surface area contributed by atoms with Crippen molar-refractivity contribution in [3.63, 3.8) is 0 Å². The van der Waals surface area contributed by atoms with Gasteiger partial charge in [0.1, 0.15) is 5.75 Å². The van der Waals surface area contributed by atoms with Gasteiger partial charge in [0, 0.05) is 17.4 Å². The van der Waals surface area contributed by atoms with E-state index in [-0.39, 0.29) is 11.8 Å². The first kappa shape index (κ1) is 16.4. The molecule has 1 aromatic carbocycles. The van der Waals surface area contributed by atoms with Crippen LogP contribution in [0.4, 0.5) is 0 Å². The molecule has 1 saturated heterocycles. The first-order valence-electron chi connectivity index (χ1n) is 7.50. The van der Waals surface area contributed by atoms with Crippen LogP contribution in [0.1, 0.15) is 12.8 Å². The van der Waals surface area contributed by atoms with Crippen molar-refractivity contribution in [3.05, 3.63) is 39.8 Å². The molecule has 2 aromatic rings. The van der Waals surface area contributed by atoms with Crippen LogP contribution in [0.5, 0.6) is 5.75 Å². The molecule has 1 N–H and O–H groups in total. The standard InChI is InChI=1S/C15H18ClN3O3S/c16-11-3-5-12(6-4-11)22-8-9-23-15-18-17-14(20)19(15)10-13-2-1-7-21-13/h3-6,13H,1-2,7-10H2,(H,17,20)/t13-/m0/s1. The van der Waals surface area contributed by atoms with Crippen molar-refractivity contribution in [1.29, 1.82) is 0 Å². The van der Waals surface area contributed by atoms with E-state index in [4.69, 9.17) is 21.1 Å². The molecule has 1 aliphatic heterocycles. The molecule has 8 heteroatoms. The summed E-state index contributed by atoms with van der Waals surface area (Å²) in [7, 11) is 0. The minimum atomic E-state index is -0.193. The summed E-state index contributed by atoms with van der Waals surface area (Å²) in [5.41, 5.74) is -0.193. The summed E-state index contributed by atoms with van der Waals surface area (Å²) in [5.74, 6) is 1.46. The zero-order valence-electron chi connectivity index (χ0n) is 12.5. The van der Waals surface area contributed by atoms with Gasteiger partial charge in [-0.15, -0.1) is 5.10 Å². The van der Waals surface area contributed by atoms with Crippen molar-refractivity contribution in [3.8, 4) is 5.75 Å². The largest absolute Gasteiger partial charge is 0.493 e. The molecule has 1 fully saturated rings. The minimum absolute atomic E-state index is 0.106. The third kappa shape index (κ3) is 4.53. The molecule has 0 spiro atoms. The van der Waals surface area contributed by atoms with Crippen molar-refractivity contribution >= 4 is 23.4 Å². The molecule has 3 rings (SSSR count). The number of aromatic nitrogens is 3. The van der Waals surface area contributed by atoms with Crippen LogP contribution in [-0.2, 0) is 11.3 Å². The van der Waals surface area contributed by atoms with E-state index >= 15 is 0 Å². The Morgan fingerprint density at radius 3 is 3.00 bits per heavy atom. The molecule has 0 amide bonds. The van der Waals surface area contributed by atoms with Gasteiger partial charge in [0.05, 0.1) is 19.3 Å². The Bertz CT molecular complexity index is 680. The Kier molecular flexibility index (Phi) is 5.64. The number of ether oxygens (including phenoxy) is 2. The molecule has 6 nitrogen and oxygen atoms in total. The van der Waals surface area contributed by atoms with Gasteiger partial charge in [0.25, 0.3) is 0 Å². The van der Waals surface area contributed by atoms with Crippen LogP contribution in [0.15, 0.2) is 34.2 Å². The molecule has 2 heterocycles. The van der Waals surface area contributed by atoms with Crippen molar-refractivity contribution in [2.45, 2.75) is 30.6 Å². The first-order valence-corrected chi connectivity index (χ1v) is 8.87. The molecule has 23 heavy (non-hydrogen) atoms. The number of hydrogen-bond acceptors (Lipinski definition) is 5. The highest BCUT2D eigenvalue weighted by Gasteiger charge is 2.19. The summed E-state index contributed by atoms with van der Waals surface area (Å²) in [6.45, 7) is 1.84. The Balaban J connectivity index is 1.50. The molecule has 0 radical (unpaired) electrons. The van der Waals surface area contributed by atoms with Crippen LogP contribution in [0.25, 0.3) is 0 Å². The highest BCUT2D eigenvalue weighted by molar-refractivity contribution is 7.99. The number of halogens is 1. The van der Waals surface area contributed by atoms with Gasteiger partial charge in [-0.25, -0.2) is 9.89 Å². The molecule has 124 valence electrons. The van der Waals surface area contributed by atoms with E-state index in [2.05, 4.69) is 10.2 Å². The van der Waals surface area contributed by atoms with Gasteiger partial charge < -0.3 is 9.47 Å². The lowest BCUT2D eigenvalue weighted by atomic mass is 10.2. The number of H-pyrrole nitrogens is 1. The SMILES string of the molecule is O=c1[nH]nc(SCCOc2ccc(Cl)cc2)n1C[C@@H]1CCCO1. The minimum Gasteiger partial charge on any atom is -0.493 e. The fraction of sp³-hybridized carbons (Fsp3) is 0.467. The Hall–Kier alpha value is -1.44. The van der Waals surface area contributed by atoms with Gasteiger partial charge in [-0.2, -0.15) is 0 Å². The van der Waals surface area contributed by atoms with Gasteiger partial charge in [-0.05, 0) is 37.1 Å². The number of nitrogens with one attached hydrogen (secondary N) is 1. The highest BCUT2D eigenvalue weighted by atomic mass is 35.5. The summed E-state index contributed by atoms with van der Waals surface area (Å²) >= 11 is 7.32. The number of rotatable bonds is 7. The molecule has 1 atom stereocenters. The van der Waals surface area contributed by atoms with Gasteiger partial charge >= 0.3 is 5.69 Å². The summed E-state index contributed by atoms with van der Waals surface area (Å²) in [4.78, 5) is 11.8. The lowest BCUT2D eigenvalue weighted by molar-refractivity contribution is 0.0941. The Morgan fingerprint density at radius 1 is 1.43 bits per heavy atom. The Morgan fingerprint density at radius 2 is 2.26 bits per heavy atom. The second-order valence-corrected chi connectivity index (χ2v) is 6.71. The average Bonchev–Trinajstić information content (AvgIpc) is 3.18. The van der Waals surface area contributed by atoms with E-state index in [0.717, 1.165) is 25.2 Å². The molecule has 0 bridgehead atoms. The number of nitrogens with zero attached hydrogens (tertiary/aromatic N) is 2. The van der Waals surface area contributed by atoms with Gasteiger partial charge in [0.2, 0.25) is 0 Å². The average molecular weight is 356 g/mol. The topological polar surface area (TPSA) is 69.1 Å². The number of thioether (sulfide) groups is 1. The second kappa shape index (κ2) is 7.90. The molecule has 0 aliphatic carbocycles. The molecule has 1 aliphatic rings. The first-order chi connectivity index (χ1) is 11.2. The zero-order chi connectivity index (χ0) is 16.1. The predicted octanol–water partition coefficient (Wildman–Crippen LogP) is 2.57. The molecule has 0 saturated carbocycles. The third-order valence-electron chi connectivity index (χ3n) is 3.53. The summed E-state index contributed by atoms with van der Waals surface area (Å²) in [6, 6.07) is 7.23. The van der Waals surface area contributed by atoms with Crippen molar-refractivity contribution < 1.29 is 9.47 Å². The quantitative estimate of drug-likeness (QED) is 0.610. The zero-order valence-corrected chi connectivity index (χ0v) is 14.1. The van der Waals surface area contributed by atoms with Gasteiger partial charge in [-0.3, -0.25) is 4.57 Å². The van der Waals surface area contributed by atoms with E-state index in [0.29, 0.717) is 29.1 Å². The Labute approximate surface area is 143 Å². The highest BCUT2D eigenvalue weighted by Crippen LogP contribution is 2.19. The number of benzene rings is 1. The maximum atomic E-state index is 11.8. The second-order valence-electron chi connectivity index (χ2n) is 5.21. The molecular weight excluding hydrogens is 338 g/mol. The monoisotopic (exact) mass is 355 g/mol. The van der Waals surface area contributed by atoms with E-state index in [1.165, 1.54) is 11.8 Å². The van der Waals surface area contributed by atoms with Crippen molar-refractivity contribution in [1.82, 2.24) is 14.8 Å². The fourth-order valence-corrected chi connectivity index (χ4v) is 3.29. The van der Waals surface area contributed by atoms with E-state index in [9.17, 15) is 4.79 Å². The molecular formula is C15H18ClN3O3S. The lowest BCUT2D eigenvalue weighted by Gasteiger charge is -2.11. The summed E-state index contributed by atoms with van der Waals surface area (Å²) in [5, 5.41) is 7.93. The normalized spacial score (nSPS) is 17.5. The van der Waals surface area contributed by atoms with Crippen LogP contribution in [0, 0.1) is 0 Å². The van der Waals surface area contributed by atoms with Crippen LogP contribution in [0.2, 0.25) is 5.02 Å². The van der Waals surface area contributed by atoms with E-state index < -0.39 is 0 Å². The van der Waals surface area contributed by atoms with Crippen LogP contribution in [-0.4, -0.2) is 39.8 Å². The van der Waals surface area contributed by atoms with Gasteiger partial charge in [0.15, 0.2) is 5.16 Å². The maximum Gasteiger partial charge on any atom is 0.344 e. The molecule has 0 unspecified atom stereocenters. The van der Waals surface area contributed by atoms with E-state index in [1.807, 2.05) is 12.1 Å². The maximum absolute atomic E-state index is 11.8. The predicted molar refractivity (Wildman–Crippen MR) is 89.5 cm³/mol. The van der Waals surface area contributed by atoms with E-state index in [1.54, 1.807) is 16.7 Å².